The zero-order valence-corrected chi connectivity index (χ0v) is 19.1. The fourth-order valence-corrected chi connectivity index (χ4v) is 5.01. The summed E-state index contributed by atoms with van der Waals surface area (Å²) in [5, 5.41) is 6.17. The standard InChI is InChI=1S/C24H30N2O2S2/c1-29-20-13-9-12-19(16-20)26-24(28)21-14-7-8-15-22(21)30-17-23(27)25-18-10-5-3-2-4-6-11-18/h7-9,12-16,18H,2-6,10-11,17H2,1H3,(H,25,27)(H,26,28). The highest BCUT2D eigenvalue weighted by Crippen LogP contribution is 2.25. The van der Waals surface area contributed by atoms with Crippen molar-refractivity contribution in [2.45, 2.75) is 60.8 Å². The van der Waals surface area contributed by atoms with Gasteiger partial charge >= 0.3 is 0 Å². The normalized spacial score (nSPS) is 15.1. The van der Waals surface area contributed by atoms with Crippen LogP contribution in [0.3, 0.4) is 0 Å². The second-order valence-corrected chi connectivity index (χ2v) is 9.48. The molecule has 2 aromatic carbocycles. The van der Waals surface area contributed by atoms with E-state index in [0.29, 0.717) is 17.4 Å². The van der Waals surface area contributed by atoms with E-state index in [1.54, 1.807) is 11.8 Å². The molecule has 1 aliphatic rings. The summed E-state index contributed by atoms with van der Waals surface area (Å²) in [6, 6.07) is 15.5. The van der Waals surface area contributed by atoms with Crippen LogP contribution in [0.15, 0.2) is 58.3 Å². The van der Waals surface area contributed by atoms with Crippen molar-refractivity contribution in [3.63, 3.8) is 0 Å². The first kappa shape index (κ1) is 22.8. The van der Waals surface area contributed by atoms with Gasteiger partial charge in [0.25, 0.3) is 5.91 Å². The lowest BCUT2D eigenvalue weighted by atomic mass is 9.97. The second kappa shape index (κ2) is 12.1. The van der Waals surface area contributed by atoms with Gasteiger partial charge in [0.05, 0.1) is 11.3 Å². The highest BCUT2D eigenvalue weighted by Gasteiger charge is 2.16. The molecule has 0 aromatic heterocycles. The van der Waals surface area contributed by atoms with Crippen molar-refractivity contribution in [3.8, 4) is 0 Å². The molecule has 0 radical (unpaired) electrons. The largest absolute Gasteiger partial charge is 0.353 e. The molecule has 0 bridgehead atoms. The first-order valence-electron chi connectivity index (χ1n) is 10.6. The highest BCUT2D eigenvalue weighted by molar-refractivity contribution is 8.00. The van der Waals surface area contributed by atoms with E-state index in [-0.39, 0.29) is 11.8 Å². The predicted molar refractivity (Wildman–Crippen MR) is 128 cm³/mol. The van der Waals surface area contributed by atoms with Crippen LogP contribution in [0, 0.1) is 0 Å². The van der Waals surface area contributed by atoms with Crippen molar-refractivity contribution in [1.29, 1.82) is 0 Å². The van der Waals surface area contributed by atoms with Gasteiger partial charge in [-0.1, -0.05) is 50.3 Å². The van der Waals surface area contributed by atoms with Gasteiger partial charge in [-0.2, -0.15) is 0 Å². The molecule has 160 valence electrons. The predicted octanol–water partition coefficient (Wildman–Crippen LogP) is 5.98. The van der Waals surface area contributed by atoms with Gasteiger partial charge in [-0.3, -0.25) is 9.59 Å². The monoisotopic (exact) mass is 442 g/mol. The van der Waals surface area contributed by atoms with Gasteiger partial charge in [0, 0.05) is 21.5 Å². The van der Waals surface area contributed by atoms with Crippen molar-refractivity contribution in [2.75, 3.05) is 17.3 Å². The van der Waals surface area contributed by atoms with Crippen molar-refractivity contribution in [2.24, 2.45) is 0 Å². The SMILES string of the molecule is CSc1cccc(NC(=O)c2ccccc2SCC(=O)NC2CCCCCCC2)c1. The third-order valence-corrected chi connectivity index (χ3v) is 7.09. The van der Waals surface area contributed by atoms with Gasteiger partial charge in [0.2, 0.25) is 5.91 Å². The lowest BCUT2D eigenvalue weighted by Gasteiger charge is -2.21. The van der Waals surface area contributed by atoms with Crippen LogP contribution in [0.4, 0.5) is 5.69 Å². The number of rotatable bonds is 7. The number of thioether (sulfide) groups is 2. The van der Waals surface area contributed by atoms with Crippen molar-refractivity contribution >= 4 is 41.0 Å². The third-order valence-electron chi connectivity index (χ3n) is 5.29. The molecular formula is C24H30N2O2S2. The van der Waals surface area contributed by atoms with Crippen LogP contribution in [0.5, 0.6) is 0 Å². The van der Waals surface area contributed by atoms with Crippen LogP contribution >= 0.6 is 23.5 Å². The molecule has 2 N–H and O–H groups in total. The maximum Gasteiger partial charge on any atom is 0.256 e. The summed E-state index contributed by atoms with van der Waals surface area (Å²) in [5.74, 6) is 0.216. The lowest BCUT2D eigenvalue weighted by molar-refractivity contribution is -0.119. The zero-order valence-electron chi connectivity index (χ0n) is 17.5. The molecule has 1 saturated carbocycles. The van der Waals surface area contributed by atoms with Crippen molar-refractivity contribution in [1.82, 2.24) is 5.32 Å². The molecule has 2 amide bonds. The minimum Gasteiger partial charge on any atom is -0.353 e. The Bertz CT molecular complexity index is 849. The molecule has 1 fully saturated rings. The molecule has 2 aromatic rings. The minimum atomic E-state index is -0.156. The van der Waals surface area contributed by atoms with Gasteiger partial charge in [-0.25, -0.2) is 0 Å². The van der Waals surface area contributed by atoms with Gasteiger partial charge in [0.1, 0.15) is 0 Å². The van der Waals surface area contributed by atoms with Crippen LogP contribution < -0.4 is 10.6 Å². The van der Waals surface area contributed by atoms with E-state index >= 15 is 0 Å². The fourth-order valence-electron chi connectivity index (χ4n) is 3.69. The Balaban J connectivity index is 1.57. The molecule has 30 heavy (non-hydrogen) atoms. The topological polar surface area (TPSA) is 58.2 Å². The summed E-state index contributed by atoms with van der Waals surface area (Å²) in [6.07, 6.45) is 10.4. The summed E-state index contributed by atoms with van der Waals surface area (Å²) in [5.41, 5.74) is 1.37. The molecule has 0 spiro atoms. The highest BCUT2D eigenvalue weighted by atomic mass is 32.2. The van der Waals surface area contributed by atoms with Crippen LogP contribution in [-0.4, -0.2) is 29.9 Å². The number of hydrogen-bond donors (Lipinski definition) is 2. The molecule has 0 aliphatic heterocycles. The Morgan fingerprint density at radius 3 is 2.47 bits per heavy atom. The molecule has 0 saturated heterocycles. The number of benzene rings is 2. The summed E-state index contributed by atoms with van der Waals surface area (Å²) in [6.45, 7) is 0. The first-order valence-corrected chi connectivity index (χ1v) is 12.8. The third kappa shape index (κ3) is 7.10. The van der Waals surface area contributed by atoms with E-state index in [1.807, 2.05) is 54.8 Å². The average molecular weight is 443 g/mol. The zero-order chi connectivity index (χ0) is 21.2. The maximum absolute atomic E-state index is 12.8. The quantitative estimate of drug-likeness (QED) is 0.518. The Morgan fingerprint density at radius 1 is 0.967 bits per heavy atom. The first-order chi connectivity index (χ1) is 14.7. The number of amides is 2. The van der Waals surface area contributed by atoms with Crippen molar-refractivity contribution < 1.29 is 9.59 Å². The molecule has 4 nitrogen and oxygen atoms in total. The van der Waals surface area contributed by atoms with Gasteiger partial charge < -0.3 is 10.6 Å². The van der Waals surface area contributed by atoms with E-state index in [4.69, 9.17) is 0 Å². The maximum atomic E-state index is 12.8. The molecule has 0 atom stereocenters. The molecule has 0 unspecified atom stereocenters. The van der Waals surface area contributed by atoms with E-state index < -0.39 is 0 Å². The number of carbonyl (C=O) groups is 2. The second-order valence-electron chi connectivity index (χ2n) is 7.58. The Kier molecular flexibility index (Phi) is 9.15. The van der Waals surface area contributed by atoms with Gasteiger partial charge in [0.15, 0.2) is 0 Å². The van der Waals surface area contributed by atoms with Crippen LogP contribution in [0.2, 0.25) is 0 Å². The minimum absolute atomic E-state index is 0.0495. The Labute approximate surface area is 188 Å². The summed E-state index contributed by atoms with van der Waals surface area (Å²) >= 11 is 3.06. The number of anilines is 1. The fraction of sp³-hybridized carbons (Fsp3) is 0.417. The molecule has 0 heterocycles. The molecule has 3 rings (SSSR count). The van der Waals surface area contributed by atoms with Gasteiger partial charge in [-0.05, 0) is 49.4 Å². The number of nitrogens with one attached hydrogen (secondary N) is 2. The summed E-state index contributed by atoms with van der Waals surface area (Å²) in [7, 11) is 0. The van der Waals surface area contributed by atoms with E-state index in [9.17, 15) is 9.59 Å². The van der Waals surface area contributed by atoms with Crippen LogP contribution in [-0.2, 0) is 4.79 Å². The van der Waals surface area contributed by atoms with Crippen LogP contribution in [0.25, 0.3) is 0 Å². The summed E-state index contributed by atoms with van der Waals surface area (Å²) < 4.78 is 0. The summed E-state index contributed by atoms with van der Waals surface area (Å²) in [4.78, 5) is 27.2. The van der Waals surface area contributed by atoms with E-state index in [2.05, 4.69) is 10.6 Å². The van der Waals surface area contributed by atoms with E-state index in [1.165, 1.54) is 43.9 Å². The Morgan fingerprint density at radius 2 is 1.70 bits per heavy atom. The average Bonchev–Trinajstić information content (AvgIpc) is 2.74. The molecule has 6 heteroatoms. The lowest BCUT2D eigenvalue weighted by Crippen LogP contribution is -2.36. The molecule has 1 aliphatic carbocycles. The Hall–Kier alpha value is -1.92. The smallest absolute Gasteiger partial charge is 0.256 e. The van der Waals surface area contributed by atoms with E-state index in [0.717, 1.165) is 28.3 Å². The number of carbonyl (C=O) groups excluding carboxylic acids is 2. The molecular weight excluding hydrogens is 412 g/mol. The van der Waals surface area contributed by atoms with Gasteiger partial charge in [-0.15, -0.1) is 23.5 Å². The van der Waals surface area contributed by atoms with Crippen LogP contribution in [0.1, 0.15) is 55.3 Å². The van der Waals surface area contributed by atoms with Crippen molar-refractivity contribution in [3.05, 3.63) is 54.1 Å². The number of hydrogen-bond acceptors (Lipinski definition) is 4.